The van der Waals surface area contributed by atoms with Crippen molar-refractivity contribution >= 4 is 94.8 Å². The summed E-state index contributed by atoms with van der Waals surface area (Å²) < 4.78 is 0. The van der Waals surface area contributed by atoms with Gasteiger partial charge in [-0.1, -0.05) is 67.5 Å². The normalized spacial score (nSPS) is 14.8. The number of nitrogens with two attached hydrogens (primary N) is 5. The second kappa shape index (κ2) is 46.8. The summed E-state index contributed by atoms with van der Waals surface area (Å²) in [5, 5.41) is 80.7. The van der Waals surface area contributed by atoms with Crippen molar-refractivity contribution in [3.8, 4) is 5.75 Å². The minimum atomic E-state index is -2.09. The summed E-state index contributed by atoms with van der Waals surface area (Å²) in [7, 11) is 0. The van der Waals surface area contributed by atoms with E-state index in [1.165, 1.54) is 31.2 Å². The largest absolute Gasteiger partial charge is 0.508 e. The minimum absolute atomic E-state index is 0.00490. The van der Waals surface area contributed by atoms with Crippen LogP contribution < -0.4 is 104 Å². The maximum atomic E-state index is 14.9. The zero-order chi connectivity index (χ0) is 79.4. The molecule has 0 radical (unpaired) electrons. The van der Waals surface area contributed by atoms with Crippen molar-refractivity contribution in [1.29, 1.82) is 0 Å². The number of carbonyl (C=O) groups is 16. The molecule has 0 saturated carbocycles. The third-order valence-corrected chi connectivity index (χ3v) is 15.3. The van der Waals surface area contributed by atoms with E-state index < -0.39 is 211 Å². The first-order valence-electron chi connectivity index (χ1n) is 34.0. The lowest BCUT2D eigenvalue weighted by Crippen LogP contribution is -2.69. The molecule has 586 valence electrons. The molecule has 0 aliphatic heterocycles. The summed E-state index contributed by atoms with van der Waals surface area (Å²) in [4.78, 5) is 214. The highest BCUT2D eigenvalue weighted by molar-refractivity contribution is 6.00. The Morgan fingerprint density at radius 3 is 0.962 bits per heavy atom. The van der Waals surface area contributed by atoms with Crippen molar-refractivity contribution in [3.63, 3.8) is 0 Å². The maximum absolute atomic E-state index is 14.9. The van der Waals surface area contributed by atoms with Gasteiger partial charge in [-0.15, -0.1) is 0 Å². The summed E-state index contributed by atoms with van der Waals surface area (Å²) >= 11 is 0. The molecule has 104 heavy (non-hydrogen) atoms. The van der Waals surface area contributed by atoms with Gasteiger partial charge in [0.1, 0.15) is 84.8 Å². The molecule has 40 heteroatoms. The van der Waals surface area contributed by atoms with Gasteiger partial charge in [-0.3, -0.25) is 82.6 Å². The van der Waals surface area contributed by atoms with Gasteiger partial charge in [-0.05, 0) is 113 Å². The first kappa shape index (κ1) is 92.3. The number of carbonyl (C=O) groups excluding carboxylic acids is 12. The molecule has 40 nitrogen and oxygen atoms in total. The van der Waals surface area contributed by atoms with E-state index in [2.05, 4.69) is 69.5 Å². The van der Waals surface area contributed by atoms with Crippen LogP contribution in [0.4, 0.5) is 0 Å². The monoisotopic (exact) mass is 1480 g/mol. The van der Waals surface area contributed by atoms with Crippen LogP contribution in [0, 0.1) is 23.7 Å². The van der Waals surface area contributed by atoms with Gasteiger partial charge in [0, 0.05) is 6.42 Å². The molecule has 0 aliphatic carbocycles. The molecule has 0 aromatic heterocycles. The van der Waals surface area contributed by atoms with E-state index in [1.54, 1.807) is 55.4 Å². The number of hydrogen-bond donors (Lipinski definition) is 24. The Morgan fingerprint density at radius 2 is 0.644 bits per heavy atom. The number of phenolic OH excluding ortho intramolecular Hbond substituents is 1. The van der Waals surface area contributed by atoms with Gasteiger partial charge in [-0.2, -0.15) is 0 Å². The lowest BCUT2D eigenvalue weighted by molar-refractivity contribution is -0.402. The third kappa shape index (κ3) is 38.0. The number of aromatic hydroxyl groups is 1. The third-order valence-electron chi connectivity index (χ3n) is 15.3. The average molecular weight is 1480 g/mol. The van der Waals surface area contributed by atoms with E-state index in [0.29, 0.717) is 5.56 Å². The van der Waals surface area contributed by atoms with E-state index in [0.717, 1.165) is 0 Å². The fourth-order valence-electron chi connectivity index (χ4n) is 10.2. The van der Waals surface area contributed by atoms with Crippen LogP contribution >= 0.6 is 0 Å². The molecular formula is C64H110N19O21+. The molecule has 0 aliphatic rings. The van der Waals surface area contributed by atoms with Crippen LogP contribution in [0.5, 0.6) is 5.75 Å². The van der Waals surface area contributed by atoms with Crippen LogP contribution in [0.15, 0.2) is 24.3 Å². The summed E-state index contributed by atoms with van der Waals surface area (Å²) in [5.41, 5.74) is 31.7. The van der Waals surface area contributed by atoms with Crippen LogP contribution in [0.25, 0.3) is 0 Å². The van der Waals surface area contributed by atoms with Gasteiger partial charge < -0.3 is 118 Å². The molecule has 0 spiro atoms. The first-order chi connectivity index (χ1) is 48.4. The van der Waals surface area contributed by atoms with Crippen LogP contribution in [0.3, 0.4) is 0 Å². The molecule has 0 unspecified atom stereocenters. The van der Waals surface area contributed by atoms with Crippen LogP contribution in [0.2, 0.25) is 0 Å². The number of aliphatic carboxylic acids is 4. The van der Waals surface area contributed by atoms with Gasteiger partial charge in [0.25, 0.3) is 5.91 Å². The highest BCUT2D eigenvalue weighted by Crippen LogP contribution is 2.16. The van der Waals surface area contributed by atoms with E-state index in [4.69, 9.17) is 33.8 Å². The van der Waals surface area contributed by atoms with Crippen LogP contribution in [0.1, 0.15) is 145 Å². The maximum Gasteiger partial charge on any atom is 0.326 e. The molecule has 1 aromatic rings. The number of primary amides is 1. The number of carboxylic acids is 4. The molecule has 0 bridgehead atoms. The number of hydrogen-bond acceptors (Lipinski definition) is 23. The zero-order valence-corrected chi connectivity index (χ0v) is 60.2. The van der Waals surface area contributed by atoms with Crippen LogP contribution in [-0.4, -0.2) is 218 Å². The molecule has 1 aromatic carbocycles. The van der Waals surface area contributed by atoms with Crippen molar-refractivity contribution in [2.45, 2.75) is 231 Å². The Bertz CT molecular complexity index is 3080. The molecule has 12 atom stereocenters. The molecule has 0 fully saturated rings. The first-order valence-corrected chi connectivity index (χ1v) is 34.0. The number of quaternary nitrogens is 1. The van der Waals surface area contributed by atoms with Gasteiger partial charge in [0.15, 0.2) is 6.04 Å². The SMILES string of the molecule is CC(C)C[C@H](NC(=O)[C@H](C)NC(=O)[C@@H]([NH3+])CC(N)=O)C(=O)N[C@@H](CC(C)C)C(=O)N[C@@H](CCCNC(N)N)C(=O)N[C@@H](Cc1ccc(O)cc1)C(=O)N[C@@H](CC(C)C)C(=O)N[C@@H](CC(C)C)C(=O)N[C@@H](CC(=O)O)C(=O)N[C@@H](CCCNC(N)N)C(=O)N[C@@H](CC(=O)O)C(=O)N[C@@H](CC(=O)O)C(=O)O. The van der Waals surface area contributed by atoms with E-state index in [9.17, 15) is 97.1 Å². The molecule has 12 amide bonds. The summed E-state index contributed by atoms with van der Waals surface area (Å²) in [6.45, 7) is 15.2. The topological polar surface area (TPSA) is 688 Å². The Hall–Kier alpha value is -9.74. The number of nitrogens with one attached hydrogen (secondary N) is 13. The smallest absolute Gasteiger partial charge is 0.326 e. The van der Waals surface area contributed by atoms with Crippen molar-refractivity contribution in [2.75, 3.05) is 13.1 Å². The summed E-state index contributed by atoms with van der Waals surface area (Å²) in [6, 6.07) is -13.7. The van der Waals surface area contributed by atoms with Gasteiger partial charge in [0.2, 0.25) is 65.0 Å². The number of carboxylic acid groups (broad SMARTS) is 4. The summed E-state index contributed by atoms with van der Waals surface area (Å²) in [6.07, 6.45) is -7.02. The number of phenols is 1. The standard InChI is InChI=1S/C64H109N19O21/c1-29(2)20-39(76-51(92)33(9)73-52(93)36(65)25-47(66)85)56(97)77-40(21-30(3)4)55(96)74-37(12-10-18-71-63(67)68)53(94)80-43(24-34-14-16-35(84)17-15-34)59(100)79-41(22-31(5)6)57(98)78-42(23-32(7)8)58(99)82-44(26-48(86)87)60(101)75-38(13-11-19-72-64(69)70)54(95)81-45(27-49(88)89)61(102)83-46(62(103)104)28-50(90)91/h14-17,29-33,36-46,63-64,71-72,84H,10-13,18-28,65,67-70H2,1-9H3,(H2,66,85)(H,73,93)(H,74,96)(H,75,101)(H,76,92)(H,77,97)(H,78,98)(H,79,100)(H,80,94)(H,81,95)(H,82,99)(H,83,102)(H,86,87)(H,88,89)(H,90,91)(H,103,104)/p+1/t33-,36-,37-,38-,39-,40-,41-,42-,43-,44-,45-,46-/m0/s1. The zero-order valence-electron chi connectivity index (χ0n) is 60.2. The molecule has 31 N–H and O–H groups in total. The fourth-order valence-corrected chi connectivity index (χ4v) is 10.2. The highest BCUT2D eigenvalue weighted by Gasteiger charge is 2.38. The van der Waals surface area contributed by atoms with Crippen molar-refractivity contribution < 1.29 is 108 Å². The average Bonchev–Trinajstić information content (AvgIpc) is 0.853. The summed E-state index contributed by atoms with van der Waals surface area (Å²) in [5.74, 6) is -20.5. The Balaban J connectivity index is 3.84. The minimum Gasteiger partial charge on any atom is -0.508 e. The van der Waals surface area contributed by atoms with Crippen molar-refractivity contribution in [3.05, 3.63) is 29.8 Å². The lowest BCUT2D eigenvalue weighted by Gasteiger charge is -2.29. The highest BCUT2D eigenvalue weighted by atomic mass is 16.4. The Morgan fingerprint density at radius 1 is 0.365 bits per heavy atom. The predicted molar refractivity (Wildman–Crippen MR) is 370 cm³/mol. The molecule has 1 rings (SSSR count). The second-order valence-electron chi connectivity index (χ2n) is 27.0. The lowest BCUT2D eigenvalue weighted by atomic mass is 9.98. The van der Waals surface area contributed by atoms with Crippen molar-refractivity contribution in [2.24, 2.45) is 52.3 Å². The number of benzene rings is 1. The van der Waals surface area contributed by atoms with Crippen molar-refractivity contribution in [1.82, 2.24) is 69.1 Å². The molecule has 0 heterocycles. The Labute approximate surface area is 601 Å². The van der Waals surface area contributed by atoms with Gasteiger partial charge in [0.05, 0.1) is 25.7 Å². The quantitative estimate of drug-likeness (QED) is 0.0213. The Kier molecular flexibility index (Phi) is 41.5. The fraction of sp³-hybridized carbons (Fsp3) is 0.656. The van der Waals surface area contributed by atoms with E-state index in [-0.39, 0.29) is 94.4 Å². The van der Waals surface area contributed by atoms with E-state index in [1.807, 2.05) is 5.32 Å². The number of amides is 12. The van der Waals surface area contributed by atoms with Crippen LogP contribution in [-0.2, 0) is 83.1 Å². The molecule has 0 saturated heterocycles. The van der Waals surface area contributed by atoms with Gasteiger partial charge >= 0.3 is 23.9 Å². The number of rotatable bonds is 51. The van der Waals surface area contributed by atoms with E-state index >= 15 is 0 Å². The second-order valence-corrected chi connectivity index (χ2v) is 27.0. The predicted octanol–water partition coefficient (Wildman–Crippen LogP) is -7.39. The van der Waals surface area contributed by atoms with Gasteiger partial charge in [-0.25, -0.2) is 4.79 Å². The molecular weight excluding hydrogens is 1370 g/mol.